The number of amides is 1. The van der Waals surface area contributed by atoms with E-state index >= 15 is 0 Å². The molecule has 1 saturated heterocycles. The van der Waals surface area contributed by atoms with Crippen LogP contribution in [0.25, 0.3) is 0 Å². The third kappa shape index (κ3) is 3.57. The van der Waals surface area contributed by atoms with E-state index in [1.165, 1.54) is 5.56 Å². The van der Waals surface area contributed by atoms with Gasteiger partial charge in [0.25, 0.3) is 0 Å². The highest BCUT2D eigenvalue weighted by atomic mass is 35.5. The number of likely N-dealkylation sites (tertiary alicyclic amines) is 1. The van der Waals surface area contributed by atoms with Crippen molar-refractivity contribution in [3.63, 3.8) is 0 Å². The van der Waals surface area contributed by atoms with Gasteiger partial charge < -0.3 is 5.32 Å². The van der Waals surface area contributed by atoms with Crippen molar-refractivity contribution in [3.05, 3.63) is 46.2 Å². The van der Waals surface area contributed by atoms with Crippen molar-refractivity contribution in [2.24, 2.45) is 0 Å². The summed E-state index contributed by atoms with van der Waals surface area (Å²) in [5, 5.41) is 10.7. The summed E-state index contributed by atoms with van der Waals surface area (Å²) < 4.78 is 0. The highest BCUT2D eigenvalue weighted by Gasteiger charge is 2.28. The lowest BCUT2D eigenvalue weighted by atomic mass is 10.0. The molecule has 0 bridgehead atoms. The number of carbonyl (C=O) groups excluding carboxylic acids is 1. The third-order valence-corrected chi connectivity index (χ3v) is 4.57. The number of nitrogens with one attached hydrogen (secondary N) is 2. The Balaban J connectivity index is 1.68. The van der Waals surface area contributed by atoms with Gasteiger partial charge in [-0.1, -0.05) is 23.7 Å². The number of H-pyrrole nitrogens is 1. The Labute approximate surface area is 141 Å². The molecule has 1 atom stereocenters. The monoisotopic (exact) mass is 332 g/mol. The SMILES string of the molecule is Cc1n[nH]c(C)c1NC(=O)CN1CCCC1c1cccc(Cl)c1. The molecule has 6 heteroatoms. The van der Waals surface area contributed by atoms with Gasteiger partial charge in [-0.05, 0) is 50.9 Å². The molecule has 23 heavy (non-hydrogen) atoms. The minimum absolute atomic E-state index is 0.00784. The lowest BCUT2D eigenvalue weighted by Crippen LogP contribution is -2.33. The highest BCUT2D eigenvalue weighted by Crippen LogP contribution is 2.32. The minimum Gasteiger partial charge on any atom is -0.322 e. The maximum Gasteiger partial charge on any atom is 0.238 e. The second kappa shape index (κ2) is 6.72. The van der Waals surface area contributed by atoms with Crippen LogP contribution in [0.3, 0.4) is 0 Å². The molecule has 1 aromatic carbocycles. The molecule has 1 aliphatic heterocycles. The maximum absolute atomic E-state index is 12.4. The fourth-order valence-corrected chi connectivity index (χ4v) is 3.40. The van der Waals surface area contributed by atoms with E-state index in [1.807, 2.05) is 32.0 Å². The van der Waals surface area contributed by atoms with Crippen LogP contribution in [0.2, 0.25) is 5.02 Å². The number of aryl methyl sites for hydroxylation is 2. The first-order chi connectivity index (χ1) is 11.0. The van der Waals surface area contributed by atoms with Crippen molar-refractivity contribution in [3.8, 4) is 0 Å². The fraction of sp³-hybridized carbons (Fsp3) is 0.412. The molecular formula is C17H21ClN4O. The molecule has 0 spiro atoms. The van der Waals surface area contributed by atoms with E-state index in [-0.39, 0.29) is 11.9 Å². The van der Waals surface area contributed by atoms with Gasteiger partial charge in [-0.25, -0.2) is 0 Å². The Morgan fingerprint density at radius 2 is 2.30 bits per heavy atom. The molecule has 1 amide bonds. The average Bonchev–Trinajstić information content (AvgIpc) is 3.09. The number of carbonyl (C=O) groups is 1. The van der Waals surface area contributed by atoms with E-state index in [1.54, 1.807) is 0 Å². The van der Waals surface area contributed by atoms with Crippen molar-refractivity contribution in [1.29, 1.82) is 0 Å². The Morgan fingerprint density at radius 1 is 1.48 bits per heavy atom. The van der Waals surface area contributed by atoms with E-state index in [9.17, 15) is 4.79 Å². The molecule has 1 aliphatic rings. The fourth-order valence-electron chi connectivity index (χ4n) is 3.21. The smallest absolute Gasteiger partial charge is 0.238 e. The topological polar surface area (TPSA) is 61.0 Å². The number of halogens is 1. The molecule has 122 valence electrons. The predicted octanol–water partition coefficient (Wildman–Crippen LogP) is 3.46. The lowest BCUT2D eigenvalue weighted by molar-refractivity contribution is -0.117. The second-order valence-electron chi connectivity index (χ2n) is 6.04. The number of anilines is 1. The molecule has 0 aliphatic carbocycles. The number of aromatic nitrogens is 2. The quantitative estimate of drug-likeness (QED) is 0.901. The van der Waals surface area contributed by atoms with E-state index in [0.29, 0.717) is 6.54 Å². The van der Waals surface area contributed by atoms with E-state index in [4.69, 9.17) is 11.6 Å². The summed E-state index contributed by atoms with van der Waals surface area (Å²) in [6.07, 6.45) is 2.14. The normalized spacial score (nSPS) is 18.3. The Bertz CT molecular complexity index is 693. The summed E-state index contributed by atoms with van der Waals surface area (Å²) in [6, 6.07) is 8.17. The molecule has 2 aromatic rings. The minimum atomic E-state index is -0.00784. The molecule has 0 saturated carbocycles. The number of hydrogen-bond acceptors (Lipinski definition) is 3. The van der Waals surface area contributed by atoms with Gasteiger partial charge in [-0.3, -0.25) is 14.8 Å². The van der Waals surface area contributed by atoms with Crippen LogP contribution in [0.15, 0.2) is 24.3 Å². The highest BCUT2D eigenvalue weighted by molar-refractivity contribution is 6.30. The van der Waals surface area contributed by atoms with Crippen molar-refractivity contribution in [1.82, 2.24) is 15.1 Å². The van der Waals surface area contributed by atoms with Crippen molar-refractivity contribution >= 4 is 23.2 Å². The number of hydrogen-bond donors (Lipinski definition) is 2. The lowest BCUT2D eigenvalue weighted by Gasteiger charge is -2.24. The molecule has 5 nitrogen and oxygen atoms in total. The van der Waals surface area contributed by atoms with Gasteiger partial charge in [0.2, 0.25) is 5.91 Å². The summed E-state index contributed by atoms with van der Waals surface area (Å²) >= 11 is 6.10. The first-order valence-corrected chi connectivity index (χ1v) is 8.23. The second-order valence-corrected chi connectivity index (χ2v) is 6.48. The zero-order valence-electron chi connectivity index (χ0n) is 13.4. The van der Waals surface area contributed by atoms with E-state index in [2.05, 4.69) is 26.5 Å². The van der Waals surface area contributed by atoms with Gasteiger partial charge in [-0.15, -0.1) is 0 Å². The number of nitrogens with zero attached hydrogens (tertiary/aromatic N) is 2. The number of benzene rings is 1. The Hall–Kier alpha value is -1.85. The van der Waals surface area contributed by atoms with Crippen molar-refractivity contribution in [2.45, 2.75) is 32.7 Å². The van der Waals surface area contributed by atoms with Crippen LogP contribution in [0.1, 0.15) is 35.8 Å². The van der Waals surface area contributed by atoms with Gasteiger partial charge in [0.05, 0.1) is 23.6 Å². The zero-order valence-corrected chi connectivity index (χ0v) is 14.2. The van der Waals surface area contributed by atoms with Crippen LogP contribution in [-0.2, 0) is 4.79 Å². The van der Waals surface area contributed by atoms with E-state index in [0.717, 1.165) is 41.5 Å². The summed E-state index contributed by atoms with van der Waals surface area (Å²) in [4.78, 5) is 14.6. The van der Waals surface area contributed by atoms with Crippen LogP contribution in [0.4, 0.5) is 5.69 Å². The molecule has 3 rings (SSSR count). The summed E-state index contributed by atoms with van der Waals surface area (Å²) in [5.74, 6) is -0.00784. The predicted molar refractivity (Wildman–Crippen MR) is 91.7 cm³/mol. The molecule has 0 radical (unpaired) electrons. The van der Waals surface area contributed by atoms with Crippen LogP contribution in [0.5, 0.6) is 0 Å². The summed E-state index contributed by atoms with van der Waals surface area (Å²) in [7, 11) is 0. The standard InChI is InChI=1S/C17H21ClN4O/c1-11-17(12(2)21-20-11)19-16(23)10-22-8-4-7-15(22)13-5-3-6-14(18)9-13/h3,5-6,9,15H,4,7-8,10H2,1-2H3,(H,19,23)(H,20,21). The molecule has 2 heterocycles. The molecule has 1 unspecified atom stereocenters. The summed E-state index contributed by atoms with van der Waals surface area (Å²) in [6.45, 7) is 5.08. The average molecular weight is 333 g/mol. The Kier molecular flexibility index (Phi) is 4.68. The maximum atomic E-state index is 12.4. The first kappa shape index (κ1) is 16.0. The van der Waals surface area contributed by atoms with Crippen LogP contribution in [0, 0.1) is 13.8 Å². The molecule has 1 fully saturated rings. The number of aromatic amines is 1. The van der Waals surface area contributed by atoms with Crippen molar-refractivity contribution < 1.29 is 4.79 Å². The van der Waals surface area contributed by atoms with E-state index < -0.39 is 0 Å². The molecule has 1 aromatic heterocycles. The van der Waals surface area contributed by atoms with Gasteiger partial charge >= 0.3 is 0 Å². The van der Waals surface area contributed by atoms with Gasteiger partial charge in [0.1, 0.15) is 0 Å². The largest absolute Gasteiger partial charge is 0.322 e. The molecule has 2 N–H and O–H groups in total. The zero-order chi connectivity index (χ0) is 16.4. The van der Waals surface area contributed by atoms with Crippen LogP contribution >= 0.6 is 11.6 Å². The van der Waals surface area contributed by atoms with Crippen LogP contribution in [-0.4, -0.2) is 34.1 Å². The van der Waals surface area contributed by atoms with Crippen LogP contribution < -0.4 is 5.32 Å². The van der Waals surface area contributed by atoms with Crippen molar-refractivity contribution in [2.75, 3.05) is 18.4 Å². The molecular weight excluding hydrogens is 312 g/mol. The number of rotatable bonds is 4. The Morgan fingerprint density at radius 3 is 3.00 bits per heavy atom. The first-order valence-electron chi connectivity index (χ1n) is 7.85. The van der Waals surface area contributed by atoms with Gasteiger partial charge in [0, 0.05) is 11.1 Å². The summed E-state index contributed by atoms with van der Waals surface area (Å²) in [5.41, 5.74) is 3.65. The third-order valence-electron chi connectivity index (χ3n) is 4.34. The van der Waals surface area contributed by atoms with Gasteiger partial charge in [-0.2, -0.15) is 5.10 Å². The van der Waals surface area contributed by atoms with Gasteiger partial charge in [0.15, 0.2) is 0 Å².